The number of piperidine rings is 1. The fourth-order valence-electron chi connectivity index (χ4n) is 3.47. The van der Waals surface area contributed by atoms with Crippen molar-refractivity contribution >= 4 is 17.5 Å². The number of aryl methyl sites for hydroxylation is 1. The number of furan rings is 1. The number of nitrogens with one attached hydrogen (secondary N) is 2. The van der Waals surface area contributed by atoms with Gasteiger partial charge in [0.05, 0.1) is 6.26 Å². The second-order valence-corrected chi connectivity index (χ2v) is 6.88. The van der Waals surface area contributed by atoms with Gasteiger partial charge in [0.25, 0.3) is 0 Å². The molecule has 146 valence electrons. The topological polar surface area (TPSA) is 75.3 Å². The predicted octanol–water partition coefficient (Wildman–Crippen LogP) is 3.61. The van der Waals surface area contributed by atoms with Gasteiger partial charge < -0.3 is 14.6 Å². The van der Waals surface area contributed by atoms with Crippen LogP contribution in [0.4, 0.5) is 20.7 Å². The van der Waals surface area contributed by atoms with Crippen LogP contribution >= 0.6 is 0 Å². The molecule has 3 heterocycles. The van der Waals surface area contributed by atoms with Gasteiger partial charge in [0.2, 0.25) is 0 Å². The fraction of sp³-hybridized carbons (Fsp3) is 0.300. The zero-order valence-electron chi connectivity index (χ0n) is 15.6. The van der Waals surface area contributed by atoms with E-state index in [2.05, 4.69) is 20.6 Å². The van der Waals surface area contributed by atoms with E-state index >= 15 is 0 Å². The van der Waals surface area contributed by atoms with Crippen molar-refractivity contribution in [3.05, 3.63) is 54.5 Å². The first kappa shape index (κ1) is 18.1. The van der Waals surface area contributed by atoms with Gasteiger partial charge in [0, 0.05) is 37.9 Å². The molecule has 0 radical (unpaired) electrons. The van der Waals surface area contributed by atoms with Crippen LogP contribution in [0.1, 0.15) is 12.8 Å². The van der Waals surface area contributed by atoms with Gasteiger partial charge in [0.15, 0.2) is 5.76 Å². The summed E-state index contributed by atoms with van der Waals surface area (Å²) in [4.78, 5) is 14.6. The van der Waals surface area contributed by atoms with Crippen molar-refractivity contribution in [3.63, 3.8) is 0 Å². The van der Waals surface area contributed by atoms with Crippen molar-refractivity contribution in [2.75, 3.05) is 23.3 Å². The molecule has 0 unspecified atom stereocenters. The fourth-order valence-corrected chi connectivity index (χ4v) is 3.47. The molecule has 1 saturated heterocycles. The van der Waals surface area contributed by atoms with Crippen LogP contribution in [0.2, 0.25) is 0 Å². The summed E-state index contributed by atoms with van der Waals surface area (Å²) >= 11 is 0. The van der Waals surface area contributed by atoms with Crippen molar-refractivity contribution in [3.8, 4) is 11.5 Å². The number of aromatic nitrogens is 2. The molecule has 2 aromatic heterocycles. The summed E-state index contributed by atoms with van der Waals surface area (Å²) in [6.45, 7) is 1.48. The molecule has 3 aromatic rings. The van der Waals surface area contributed by atoms with E-state index in [-0.39, 0.29) is 17.9 Å². The molecule has 0 saturated carbocycles. The molecule has 1 atom stereocenters. The first-order chi connectivity index (χ1) is 13.6. The number of carbonyl (C=O) groups is 1. The monoisotopic (exact) mass is 383 g/mol. The first-order valence-corrected chi connectivity index (χ1v) is 9.24. The Balaban J connectivity index is 1.37. The Kier molecular flexibility index (Phi) is 5.01. The van der Waals surface area contributed by atoms with Gasteiger partial charge in [-0.05, 0) is 43.2 Å². The Hall–Kier alpha value is -3.29. The molecule has 8 heteroatoms. The third-order valence-electron chi connectivity index (χ3n) is 4.82. The molecule has 2 amide bonds. The number of carbonyl (C=O) groups excluding carboxylic acids is 1. The average molecular weight is 383 g/mol. The Morgan fingerprint density at radius 3 is 2.96 bits per heavy atom. The minimum Gasteiger partial charge on any atom is -0.463 e. The number of hydrogen-bond donors (Lipinski definition) is 2. The molecule has 1 fully saturated rings. The molecule has 1 aromatic carbocycles. The summed E-state index contributed by atoms with van der Waals surface area (Å²) < 4.78 is 20.4. The summed E-state index contributed by atoms with van der Waals surface area (Å²) in [5, 5.41) is 10.2. The normalized spacial score (nSPS) is 16.8. The molecule has 2 N–H and O–H groups in total. The van der Waals surface area contributed by atoms with Crippen molar-refractivity contribution in [2.45, 2.75) is 18.9 Å². The second kappa shape index (κ2) is 7.75. The standard InChI is InChI=1S/C20H22FN5O2/c1-25-19(12-17(24-25)18-8-4-10-28-18)23-20(27)22-15-6-3-9-26(13-15)16-7-2-5-14(21)11-16/h2,4-5,7-8,10-12,15H,3,6,9,13H2,1H3,(H2,22,23,27)/t15-/m1/s1. The highest BCUT2D eigenvalue weighted by molar-refractivity contribution is 5.89. The lowest BCUT2D eigenvalue weighted by Crippen LogP contribution is -2.49. The third-order valence-corrected chi connectivity index (χ3v) is 4.82. The maximum Gasteiger partial charge on any atom is 0.320 e. The van der Waals surface area contributed by atoms with Crippen molar-refractivity contribution < 1.29 is 13.6 Å². The first-order valence-electron chi connectivity index (χ1n) is 9.24. The van der Waals surface area contributed by atoms with Crippen LogP contribution in [0.25, 0.3) is 11.5 Å². The van der Waals surface area contributed by atoms with E-state index in [1.54, 1.807) is 36.2 Å². The number of benzene rings is 1. The molecule has 0 bridgehead atoms. The molecule has 1 aliphatic rings. The Morgan fingerprint density at radius 2 is 2.18 bits per heavy atom. The smallest absolute Gasteiger partial charge is 0.320 e. The van der Waals surface area contributed by atoms with E-state index in [9.17, 15) is 9.18 Å². The van der Waals surface area contributed by atoms with Crippen LogP contribution in [0.15, 0.2) is 53.1 Å². The van der Waals surface area contributed by atoms with E-state index < -0.39 is 0 Å². The van der Waals surface area contributed by atoms with E-state index in [4.69, 9.17) is 4.42 Å². The highest BCUT2D eigenvalue weighted by Crippen LogP contribution is 2.22. The van der Waals surface area contributed by atoms with Gasteiger partial charge in [-0.25, -0.2) is 9.18 Å². The molecule has 4 rings (SSSR count). The summed E-state index contributed by atoms with van der Waals surface area (Å²) in [5.74, 6) is 0.956. The highest BCUT2D eigenvalue weighted by Gasteiger charge is 2.22. The van der Waals surface area contributed by atoms with Gasteiger partial charge >= 0.3 is 6.03 Å². The van der Waals surface area contributed by atoms with Crippen LogP contribution < -0.4 is 15.5 Å². The minimum absolute atomic E-state index is 0.0187. The molecular formula is C20H22FN5O2. The van der Waals surface area contributed by atoms with Gasteiger partial charge in [0.1, 0.15) is 17.3 Å². The summed E-state index contributed by atoms with van der Waals surface area (Å²) in [5.41, 5.74) is 1.49. The minimum atomic E-state index is -0.292. The van der Waals surface area contributed by atoms with E-state index in [0.717, 1.165) is 25.1 Å². The van der Waals surface area contributed by atoms with Crippen LogP contribution in [-0.2, 0) is 7.05 Å². The summed E-state index contributed by atoms with van der Waals surface area (Å²) in [6.07, 6.45) is 3.38. The largest absolute Gasteiger partial charge is 0.463 e. The van der Waals surface area contributed by atoms with Gasteiger partial charge in [-0.15, -0.1) is 0 Å². The molecule has 28 heavy (non-hydrogen) atoms. The zero-order chi connectivity index (χ0) is 19.5. The average Bonchev–Trinajstić information content (AvgIpc) is 3.32. The maximum atomic E-state index is 13.5. The number of nitrogens with zero attached hydrogens (tertiary/aromatic N) is 3. The van der Waals surface area contributed by atoms with Crippen LogP contribution in [-0.4, -0.2) is 34.9 Å². The van der Waals surface area contributed by atoms with Crippen molar-refractivity contribution in [1.29, 1.82) is 0 Å². The van der Waals surface area contributed by atoms with Gasteiger partial charge in [-0.3, -0.25) is 10.00 Å². The van der Waals surface area contributed by atoms with E-state index in [1.807, 2.05) is 12.1 Å². The lowest BCUT2D eigenvalue weighted by Gasteiger charge is -2.34. The Morgan fingerprint density at radius 1 is 1.29 bits per heavy atom. The quantitative estimate of drug-likeness (QED) is 0.722. The number of amides is 2. The van der Waals surface area contributed by atoms with Gasteiger partial charge in [-0.2, -0.15) is 5.10 Å². The van der Waals surface area contributed by atoms with Crippen LogP contribution in [0, 0.1) is 5.82 Å². The van der Waals surface area contributed by atoms with Crippen molar-refractivity contribution in [1.82, 2.24) is 15.1 Å². The number of hydrogen-bond acceptors (Lipinski definition) is 4. The van der Waals surface area contributed by atoms with E-state index in [1.165, 1.54) is 12.1 Å². The predicted molar refractivity (Wildman–Crippen MR) is 105 cm³/mol. The molecule has 0 aliphatic carbocycles. The molecule has 0 spiro atoms. The van der Waals surface area contributed by atoms with Crippen LogP contribution in [0.3, 0.4) is 0 Å². The van der Waals surface area contributed by atoms with Gasteiger partial charge in [-0.1, -0.05) is 6.07 Å². The number of rotatable bonds is 4. The van der Waals surface area contributed by atoms with E-state index in [0.29, 0.717) is 23.8 Å². The lowest BCUT2D eigenvalue weighted by molar-refractivity contribution is 0.246. The Bertz CT molecular complexity index is 953. The maximum absolute atomic E-state index is 13.5. The van der Waals surface area contributed by atoms with Crippen LogP contribution in [0.5, 0.6) is 0 Å². The lowest BCUT2D eigenvalue weighted by atomic mass is 10.1. The van der Waals surface area contributed by atoms with Crippen molar-refractivity contribution in [2.24, 2.45) is 7.05 Å². The summed E-state index contributed by atoms with van der Waals surface area (Å²) in [7, 11) is 1.76. The number of anilines is 2. The number of halogens is 1. The second-order valence-electron chi connectivity index (χ2n) is 6.88. The summed E-state index contributed by atoms with van der Waals surface area (Å²) in [6, 6.07) is 11.6. The molecular weight excluding hydrogens is 361 g/mol. The molecule has 1 aliphatic heterocycles. The third kappa shape index (κ3) is 4.00. The number of urea groups is 1. The SMILES string of the molecule is Cn1nc(-c2ccco2)cc1NC(=O)N[C@@H]1CCCN(c2cccc(F)c2)C1. The molecule has 7 nitrogen and oxygen atoms in total. The zero-order valence-corrected chi connectivity index (χ0v) is 15.6. The highest BCUT2D eigenvalue weighted by atomic mass is 19.1. The Labute approximate surface area is 162 Å².